The number of rotatable bonds is 6. The molecule has 0 radical (unpaired) electrons. The van der Waals surface area contributed by atoms with E-state index < -0.39 is 11.6 Å². The van der Waals surface area contributed by atoms with Crippen molar-refractivity contribution >= 4 is 0 Å². The molecular weight excluding hydrogens is 272 g/mol. The molecule has 1 unspecified atom stereocenters. The summed E-state index contributed by atoms with van der Waals surface area (Å²) in [6, 6.07) is 11.8. The Morgan fingerprint density at radius 2 is 1.90 bits per heavy atom. The molecule has 2 nitrogen and oxygen atoms in total. The third-order valence-corrected chi connectivity index (χ3v) is 3.40. The lowest BCUT2D eigenvalue weighted by molar-refractivity contribution is 0.412. The second-order valence-corrected chi connectivity index (χ2v) is 4.80. The summed E-state index contributed by atoms with van der Waals surface area (Å²) in [4.78, 5) is 0. The van der Waals surface area contributed by atoms with Gasteiger partial charge in [0.05, 0.1) is 7.11 Å². The van der Waals surface area contributed by atoms with Crippen molar-refractivity contribution in [2.24, 2.45) is 0 Å². The first-order valence-corrected chi connectivity index (χ1v) is 6.96. The lowest BCUT2D eigenvalue weighted by Crippen LogP contribution is -2.23. The van der Waals surface area contributed by atoms with Crippen molar-refractivity contribution in [1.29, 1.82) is 0 Å². The Morgan fingerprint density at radius 3 is 2.62 bits per heavy atom. The van der Waals surface area contributed by atoms with Gasteiger partial charge in [-0.15, -0.1) is 0 Å². The Morgan fingerprint density at radius 1 is 1.14 bits per heavy atom. The largest absolute Gasteiger partial charge is 0.497 e. The molecule has 0 aliphatic heterocycles. The molecule has 0 spiro atoms. The van der Waals surface area contributed by atoms with Crippen molar-refractivity contribution in [2.75, 3.05) is 13.7 Å². The van der Waals surface area contributed by atoms with Gasteiger partial charge in [0.1, 0.15) is 5.75 Å². The summed E-state index contributed by atoms with van der Waals surface area (Å²) in [6.07, 6.45) is 0.380. The first-order valence-electron chi connectivity index (χ1n) is 6.96. The third-order valence-electron chi connectivity index (χ3n) is 3.40. The van der Waals surface area contributed by atoms with E-state index in [1.54, 1.807) is 13.2 Å². The van der Waals surface area contributed by atoms with Crippen molar-refractivity contribution in [3.05, 3.63) is 65.2 Å². The molecule has 0 fully saturated rings. The maximum absolute atomic E-state index is 13.8. The van der Waals surface area contributed by atoms with Crippen LogP contribution in [0.4, 0.5) is 8.78 Å². The zero-order valence-corrected chi connectivity index (χ0v) is 12.2. The Labute approximate surface area is 123 Å². The van der Waals surface area contributed by atoms with Crippen LogP contribution in [-0.2, 0) is 6.42 Å². The normalized spacial score (nSPS) is 12.2. The van der Waals surface area contributed by atoms with Gasteiger partial charge in [0.2, 0.25) is 0 Å². The minimum atomic E-state index is -0.812. The Balaban J connectivity index is 2.28. The molecule has 2 rings (SSSR count). The quantitative estimate of drug-likeness (QED) is 0.872. The highest BCUT2D eigenvalue weighted by Crippen LogP contribution is 2.24. The molecule has 0 aliphatic rings. The Hall–Kier alpha value is -1.94. The monoisotopic (exact) mass is 291 g/mol. The molecule has 1 atom stereocenters. The highest BCUT2D eigenvalue weighted by Gasteiger charge is 2.16. The fraction of sp³-hybridized carbons (Fsp3) is 0.294. The topological polar surface area (TPSA) is 21.3 Å². The van der Waals surface area contributed by atoms with E-state index in [0.717, 1.165) is 23.9 Å². The predicted octanol–water partition coefficient (Wildman–Crippen LogP) is 3.87. The van der Waals surface area contributed by atoms with Crippen LogP contribution in [0.1, 0.15) is 24.1 Å². The van der Waals surface area contributed by atoms with Gasteiger partial charge in [-0.1, -0.05) is 31.2 Å². The maximum atomic E-state index is 13.8. The van der Waals surface area contributed by atoms with Crippen LogP contribution in [0.3, 0.4) is 0 Å². The van der Waals surface area contributed by atoms with Gasteiger partial charge < -0.3 is 10.1 Å². The van der Waals surface area contributed by atoms with Crippen LogP contribution in [0.15, 0.2) is 42.5 Å². The minimum absolute atomic E-state index is 0.0959. The van der Waals surface area contributed by atoms with Crippen LogP contribution >= 0.6 is 0 Å². The van der Waals surface area contributed by atoms with Crippen LogP contribution in [0.2, 0.25) is 0 Å². The third kappa shape index (κ3) is 3.79. The van der Waals surface area contributed by atoms with Crippen molar-refractivity contribution < 1.29 is 13.5 Å². The number of hydrogen-bond donors (Lipinski definition) is 1. The van der Waals surface area contributed by atoms with Crippen molar-refractivity contribution in [3.63, 3.8) is 0 Å². The summed E-state index contributed by atoms with van der Waals surface area (Å²) in [5.74, 6) is -0.841. The predicted molar refractivity (Wildman–Crippen MR) is 79.5 cm³/mol. The van der Waals surface area contributed by atoms with E-state index in [4.69, 9.17) is 4.74 Å². The average Bonchev–Trinajstić information content (AvgIpc) is 2.51. The van der Waals surface area contributed by atoms with Gasteiger partial charge in [0.15, 0.2) is 11.6 Å². The van der Waals surface area contributed by atoms with Gasteiger partial charge in [-0.2, -0.15) is 0 Å². The molecule has 0 amide bonds. The Kier molecular flexibility index (Phi) is 5.28. The number of likely N-dealkylation sites (N-methyl/N-ethyl adjacent to an activating group) is 1. The van der Waals surface area contributed by atoms with E-state index in [1.165, 1.54) is 6.07 Å². The summed E-state index contributed by atoms with van der Waals surface area (Å²) >= 11 is 0. The van der Waals surface area contributed by atoms with Crippen molar-refractivity contribution in [3.8, 4) is 5.75 Å². The fourth-order valence-electron chi connectivity index (χ4n) is 2.34. The molecule has 2 aromatic rings. The summed E-state index contributed by atoms with van der Waals surface area (Å²) < 4.78 is 32.4. The van der Waals surface area contributed by atoms with Gasteiger partial charge in [-0.3, -0.25) is 0 Å². The van der Waals surface area contributed by atoms with E-state index in [1.807, 2.05) is 31.2 Å². The molecule has 21 heavy (non-hydrogen) atoms. The van der Waals surface area contributed by atoms with Gasteiger partial charge in [0.25, 0.3) is 0 Å². The fourth-order valence-corrected chi connectivity index (χ4v) is 2.34. The highest BCUT2D eigenvalue weighted by atomic mass is 19.2. The SMILES string of the molecule is CCNC(Cc1cccc(F)c1F)c1cccc(OC)c1. The van der Waals surface area contributed by atoms with Crippen LogP contribution in [0, 0.1) is 11.6 Å². The summed E-state index contributed by atoms with van der Waals surface area (Å²) in [5, 5.41) is 3.30. The molecule has 0 aliphatic carbocycles. The van der Waals surface area contributed by atoms with Gasteiger partial charge in [0, 0.05) is 6.04 Å². The lowest BCUT2D eigenvalue weighted by atomic mass is 9.98. The van der Waals surface area contributed by atoms with E-state index in [-0.39, 0.29) is 6.04 Å². The second-order valence-electron chi connectivity index (χ2n) is 4.80. The van der Waals surface area contributed by atoms with E-state index >= 15 is 0 Å². The molecule has 112 valence electrons. The van der Waals surface area contributed by atoms with Gasteiger partial charge in [-0.25, -0.2) is 8.78 Å². The number of nitrogens with one attached hydrogen (secondary N) is 1. The molecule has 0 saturated carbocycles. The minimum Gasteiger partial charge on any atom is -0.497 e. The molecule has 1 N–H and O–H groups in total. The number of halogens is 2. The lowest BCUT2D eigenvalue weighted by Gasteiger charge is -2.19. The van der Waals surface area contributed by atoms with Crippen molar-refractivity contribution in [1.82, 2.24) is 5.32 Å². The zero-order chi connectivity index (χ0) is 15.2. The number of benzene rings is 2. The van der Waals surface area contributed by atoms with E-state index in [2.05, 4.69) is 5.32 Å². The molecule has 4 heteroatoms. The van der Waals surface area contributed by atoms with E-state index in [0.29, 0.717) is 12.0 Å². The first kappa shape index (κ1) is 15.4. The molecule has 0 heterocycles. The number of methoxy groups -OCH3 is 1. The molecular formula is C17H19F2NO. The first-order chi connectivity index (χ1) is 10.2. The Bertz CT molecular complexity index is 601. The molecule has 0 saturated heterocycles. The summed E-state index contributed by atoms with van der Waals surface area (Å²) in [7, 11) is 1.60. The molecule has 0 aromatic heterocycles. The van der Waals surface area contributed by atoms with Crippen LogP contribution < -0.4 is 10.1 Å². The number of ether oxygens (including phenoxy) is 1. The van der Waals surface area contributed by atoms with Gasteiger partial charge in [-0.05, 0) is 42.3 Å². The standard InChI is InChI=1S/C17H19F2NO/c1-3-20-16(12-6-4-8-14(10-12)21-2)11-13-7-5-9-15(18)17(13)19/h4-10,16,20H,3,11H2,1-2H3. The van der Waals surface area contributed by atoms with E-state index in [9.17, 15) is 8.78 Å². The van der Waals surface area contributed by atoms with Crippen LogP contribution in [0.25, 0.3) is 0 Å². The smallest absolute Gasteiger partial charge is 0.162 e. The maximum Gasteiger partial charge on any atom is 0.162 e. The van der Waals surface area contributed by atoms with Crippen LogP contribution in [0.5, 0.6) is 5.75 Å². The van der Waals surface area contributed by atoms with Gasteiger partial charge >= 0.3 is 0 Å². The molecule has 0 bridgehead atoms. The second kappa shape index (κ2) is 7.18. The average molecular weight is 291 g/mol. The summed E-state index contributed by atoms with van der Waals surface area (Å²) in [6.45, 7) is 2.72. The van der Waals surface area contributed by atoms with Crippen molar-refractivity contribution in [2.45, 2.75) is 19.4 Å². The molecule has 2 aromatic carbocycles. The zero-order valence-electron chi connectivity index (χ0n) is 12.2. The van der Waals surface area contributed by atoms with Crippen LogP contribution in [-0.4, -0.2) is 13.7 Å². The highest BCUT2D eigenvalue weighted by molar-refractivity contribution is 5.32. The number of hydrogen-bond acceptors (Lipinski definition) is 2. The summed E-state index contributed by atoms with van der Waals surface area (Å²) in [5.41, 5.74) is 1.35.